The van der Waals surface area contributed by atoms with E-state index >= 15 is 0 Å². The highest BCUT2D eigenvalue weighted by Gasteiger charge is 2.16. The van der Waals surface area contributed by atoms with Crippen molar-refractivity contribution in [3.63, 3.8) is 0 Å². The maximum absolute atomic E-state index is 5.73. The van der Waals surface area contributed by atoms with Gasteiger partial charge in [0.15, 0.2) is 0 Å². The predicted octanol–water partition coefficient (Wildman–Crippen LogP) is 4.57. The van der Waals surface area contributed by atoms with E-state index in [-0.39, 0.29) is 0 Å². The van der Waals surface area contributed by atoms with Crippen LogP contribution in [-0.4, -0.2) is 14.2 Å². The molecule has 0 aromatic heterocycles. The minimum atomic E-state index is 0.923. The van der Waals surface area contributed by atoms with Crippen LogP contribution in [0.3, 0.4) is 0 Å². The Morgan fingerprint density at radius 3 is 1.95 bits per heavy atom. The topological polar surface area (TPSA) is 18.5 Å². The first-order valence-electron chi connectivity index (χ1n) is 6.86. The Morgan fingerprint density at radius 1 is 0.750 bits per heavy atom. The average Bonchev–Trinajstić information content (AvgIpc) is 2.51. The first kappa shape index (κ1) is 12.8. The van der Waals surface area contributed by atoms with E-state index in [0.29, 0.717) is 0 Å². The number of methoxy groups -OCH3 is 2. The number of fused-ring (bicyclic) bond motifs is 2. The molecule has 3 aromatic rings. The van der Waals surface area contributed by atoms with E-state index < -0.39 is 0 Å². The van der Waals surface area contributed by atoms with Gasteiger partial charge in [-0.15, -0.1) is 0 Å². The smallest absolute Gasteiger partial charge is 0.135 e. The van der Waals surface area contributed by atoms with Crippen molar-refractivity contribution < 1.29 is 9.47 Å². The third-order valence-electron chi connectivity index (χ3n) is 3.83. The highest BCUT2D eigenvalue weighted by molar-refractivity contribution is 6.12. The molecule has 0 amide bonds. The van der Waals surface area contributed by atoms with Gasteiger partial charge in [0.25, 0.3) is 0 Å². The lowest BCUT2D eigenvalue weighted by molar-refractivity contribution is 0.417. The standard InChI is InChI=1S/C18H18O2/c1-4-12-8-7-11-15-16(12)18(20-3)14-10-6-5-9-13(14)17(15)19-2/h5-11H,4H2,1-3H3. The summed E-state index contributed by atoms with van der Waals surface area (Å²) in [7, 11) is 3.46. The van der Waals surface area contributed by atoms with Crippen LogP contribution >= 0.6 is 0 Å². The highest BCUT2D eigenvalue weighted by Crippen LogP contribution is 2.43. The zero-order chi connectivity index (χ0) is 14.1. The molecular formula is C18H18O2. The molecule has 0 N–H and O–H groups in total. The lowest BCUT2D eigenvalue weighted by Crippen LogP contribution is -1.95. The Balaban J connectivity index is 2.62. The first-order chi connectivity index (χ1) is 9.81. The molecule has 102 valence electrons. The molecule has 0 aliphatic rings. The van der Waals surface area contributed by atoms with Gasteiger partial charge in [-0.2, -0.15) is 0 Å². The highest BCUT2D eigenvalue weighted by atomic mass is 16.5. The third-order valence-corrected chi connectivity index (χ3v) is 3.83. The summed E-state index contributed by atoms with van der Waals surface area (Å²) in [6.45, 7) is 2.16. The maximum atomic E-state index is 5.73. The van der Waals surface area contributed by atoms with E-state index in [1.807, 2.05) is 12.1 Å². The molecule has 2 nitrogen and oxygen atoms in total. The number of hydrogen-bond acceptors (Lipinski definition) is 2. The van der Waals surface area contributed by atoms with Gasteiger partial charge in [0.05, 0.1) is 14.2 Å². The van der Waals surface area contributed by atoms with Crippen molar-refractivity contribution >= 4 is 21.5 Å². The summed E-state index contributed by atoms with van der Waals surface area (Å²) in [6, 6.07) is 14.6. The van der Waals surface area contributed by atoms with Crippen LogP contribution < -0.4 is 9.47 Å². The van der Waals surface area contributed by atoms with Gasteiger partial charge in [0.1, 0.15) is 11.5 Å². The van der Waals surface area contributed by atoms with Crippen LogP contribution in [0.2, 0.25) is 0 Å². The maximum Gasteiger partial charge on any atom is 0.135 e. The van der Waals surface area contributed by atoms with Gasteiger partial charge < -0.3 is 9.47 Å². The molecule has 0 saturated heterocycles. The molecule has 3 aromatic carbocycles. The van der Waals surface area contributed by atoms with Crippen molar-refractivity contribution in [1.29, 1.82) is 0 Å². The fraction of sp³-hybridized carbons (Fsp3) is 0.222. The van der Waals surface area contributed by atoms with Gasteiger partial charge >= 0.3 is 0 Å². The Labute approximate surface area is 118 Å². The molecule has 0 radical (unpaired) electrons. The minimum absolute atomic E-state index is 0.923. The van der Waals surface area contributed by atoms with Gasteiger partial charge in [-0.3, -0.25) is 0 Å². The van der Waals surface area contributed by atoms with Crippen molar-refractivity contribution in [3.8, 4) is 11.5 Å². The van der Waals surface area contributed by atoms with E-state index in [0.717, 1.165) is 39.5 Å². The molecule has 0 saturated carbocycles. The second-order valence-electron chi connectivity index (χ2n) is 4.81. The van der Waals surface area contributed by atoms with Crippen molar-refractivity contribution in [3.05, 3.63) is 48.0 Å². The summed E-state index contributed by atoms with van der Waals surface area (Å²) in [5.41, 5.74) is 1.28. The van der Waals surface area contributed by atoms with Crippen LogP contribution in [0, 0.1) is 0 Å². The predicted molar refractivity (Wildman–Crippen MR) is 83.9 cm³/mol. The Morgan fingerprint density at radius 2 is 1.35 bits per heavy atom. The third kappa shape index (κ3) is 1.72. The normalized spacial score (nSPS) is 10.9. The van der Waals surface area contributed by atoms with Crippen molar-refractivity contribution in [2.75, 3.05) is 14.2 Å². The fourth-order valence-electron chi connectivity index (χ4n) is 2.94. The van der Waals surface area contributed by atoms with E-state index in [2.05, 4.69) is 37.3 Å². The van der Waals surface area contributed by atoms with Crippen LogP contribution in [0.15, 0.2) is 42.5 Å². The summed E-state index contributed by atoms with van der Waals surface area (Å²) in [5, 5.41) is 4.46. The summed E-state index contributed by atoms with van der Waals surface area (Å²) in [6.07, 6.45) is 0.967. The number of rotatable bonds is 3. The summed E-state index contributed by atoms with van der Waals surface area (Å²) in [4.78, 5) is 0. The van der Waals surface area contributed by atoms with E-state index in [4.69, 9.17) is 9.47 Å². The van der Waals surface area contributed by atoms with Crippen molar-refractivity contribution in [2.24, 2.45) is 0 Å². The molecule has 3 rings (SSSR count). The second kappa shape index (κ2) is 5.04. The molecule has 0 fully saturated rings. The summed E-state index contributed by atoms with van der Waals surface area (Å²) < 4.78 is 11.4. The number of benzene rings is 3. The SMILES string of the molecule is CCc1cccc2c(OC)c3ccccc3c(OC)c12. The van der Waals surface area contributed by atoms with Crippen molar-refractivity contribution in [1.82, 2.24) is 0 Å². The molecule has 0 aliphatic carbocycles. The van der Waals surface area contributed by atoms with Crippen LogP contribution in [0.5, 0.6) is 11.5 Å². The average molecular weight is 266 g/mol. The molecule has 0 unspecified atom stereocenters. The quantitative estimate of drug-likeness (QED) is 0.646. The molecule has 0 heterocycles. The lowest BCUT2D eigenvalue weighted by atomic mass is 9.96. The minimum Gasteiger partial charge on any atom is -0.495 e. The molecule has 0 bridgehead atoms. The van der Waals surface area contributed by atoms with Crippen LogP contribution in [0.4, 0.5) is 0 Å². The van der Waals surface area contributed by atoms with Gasteiger partial charge in [-0.05, 0) is 12.0 Å². The summed E-state index contributed by atoms with van der Waals surface area (Å²) in [5.74, 6) is 1.86. The zero-order valence-electron chi connectivity index (χ0n) is 12.1. The number of ether oxygens (including phenoxy) is 2. The fourth-order valence-corrected chi connectivity index (χ4v) is 2.94. The van der Waals surface area contributed by atoms with Gasteiger partial charge in [-0.25, -0.2) is 0 Å². The largest absolute Gasteiger partial charge is 0.495 e. The van der Waals surface area contributed by atoms with E-state index in [1.54, 1.807) is 14.2 Å². The number of aryl methyl sites for hydroxylation is 1. The zero-order valence-corrected chi connectivity index (χ0v) is 12.1. The van der Waals surface area contributed by atoms with Crippen LogP contribution in [0.1, 0.15) is 12.5 Å². The van der Waals surface area contributed by atoms with Crippen molar-refractivity contribution in [2.45, 2.75) is 13.3 Å². The second-order valence-corrected chi connectivity index (χ2v) is 4.81. The van der Waals surface area contributed by atoms with E-state index in [9.17, 15) is 0 Å². The van der Waals surface area contributed by atoms with Gasteiger partial charge in [-0.1, -0.05) is 49.4 Å². The van der Waals surface area contributed by atoms with Crippen LogP contribution in [0.25, 0.3) is 21.5 Å². The molecule has 0 aliphatic heterocycles. The Bertz CT molecular complexity index is 775. The molecule has 0 atom stereocenters. The first-order valence-corrected chi connectivity index (χ1v) is 6.86. The monoisotopic (exact) mass is 266 g/mol. The number of hydrogen-bond donors (Lipinski definition) is 0. The Kier molecular flexibility index (Phi) is 3.23. The van der Waals surface area contributed by atoms with Gasteiger partial charge in [0.2, 0.25) is 0 Å². The Hall–Kier alpha value is -2.22. The molecule has 20 heavy (non-hydrogen) atoms. The van der Waals surface area contributed by atoms with E-state index in [1.165, 1.54) is 5.56 Å². The lowest BCUT2D eigenvalue weighted by Gasteiger charge is -2.17. The summed E-state index contributed by atoms with van der Waals surface area (Å²) >= 11 is 0. The molecular weight excluding hydrogens is 248 g/mol. The van der Waals surface area contributed by atoms with Crippen LogP contribution in [-0.2, 0) is 6.42 Å². The van der Waals surface area contributed by atoms with Gasteiger partial charge in [0, 0.05) is 21.5 Å². The molecule has 2 heteroatoms. The molecule has 0 spiro atoms.